The van der Waals surface area contributed by atoms with Crippen molar-refractivity contribution in [3.05, 3.63) is 64.7 Å². The molecule has 2 atom stereocenters. The fourth-order valence-corrected chi connectivity index (χ4v) is 2.98. The van der Waals surface area contributed by atoms with Crippen LogP contribution >= 0.6 is 11.6 Å². The molecular formula is C23H29ClN2O3. The van der Waals surface area contributed by atoms with Crippen LogP contribution in [0.2, 0.25) is 5.02 Å². The zero-order valence-electron chi connectivity index (χ0n) is 17.4. The average Bonchev–Trinajstić information content (AvgIpc) is 2.70. The zero-order chi connectivity index (χ0) is 21.4. The Balaban J connectivity index is 2.17. The summed E-state index contributed by atoms with van der Waals surface area (Å²) in [7, 11) is 0. The van der Waals surface area contributed by atoms with Gasteiger partial charge in [-0.1, -0.05) is 48.9 Å². The molecule has 29 heavy (non-hydrogen) atoms. The summed E-state index contributed by atoms with van der Waals surface area (Å²) in [5.41, 5.74) is 2.06. The molecule has 156 valence electrons. The van der Waals surface area contributed by atoms with Crippen molar-refractivity contribution in [3.63, 3.8) is 0 Å². The Bertz CT molecular complexity index is 840. The maximum atomic E-state index is 13.0. The number of halogens is 1. The van der Waals surface area contributed by atoms with Crippen LogP contribution in [0.4, 0.5) is 0 Å². The Labute approximate surface area is 178 Å². The topological polar surface area (TPSA) is 58.6 Å². The van der Waals surface area contributed by atoms with E-state index < -0.39 is 6.04 Å². The fourth-order valence-electron chi connectivity index (χ4n) is 2.80. The monoisotopic (exact) mass is 416 g/mol. The van der Waals surface area contributed by atoms with Crippen molar-refractivity contribution >= 4 is 23.4 Å². The molecule has 0 spiro atoms. The van der Waals surface area contributed by atoms with Gasteiger partial charge in [-0.25, -0.2) is 0 Å². The Morgan fingerprint density at radius 2 is 1.86 bits per heavy atom. The summed E-state index contributed by atoms with van der Waals surface area (Å²) in [6, 6.07) is 14.1. The normalized spacial score (nSPS) is 12.7. The Hall–Kier alpha value is -2.53. The third kappa shape index (κ3) is 6.79. The minimum absolute atomic E-state index is 0.0445. The maximum absolute atomic E-state index is 13.0. The van der Waals surface area contributed by atoms with Crippen molar-refractivity contribution in [3.8, 4) is 5.75 Å². The number of ether oxygens (including phenoxy) is 1. The summed E-state index contributed by atoms with van der Waals surface area (Å²) in [5.74, 6) is 0.0717. The quantitative estimate of drug-likeness (QED) is 0.660. The van der Waals surface area contributed by atoms with Gasteiger partial charge < -0.3 is 15.0 Å². The lowest BCUT2D eigenvalue weighted by Gasteiger charge is -2.30. The second kappa shape index (κ2) is 10.9. The fraction of sp³-hybridized carbons (Fsp3) is 0.391. The van der Waals surface area contributed by atoms with Gasteiger partial charge in [0.2, 0.25) is 5.91 Å². The van der Waals surface area contributed by atoms with Gasteiger partial charge in [0, 0.05) is 17.6 Å². The lowest BCUT2D eigenvalue weighted by atomic mass is 10.1. The van der Waals surface area contributed by atoms with Crippen LogP contribution in [0, 0.1) is 6.92 Å². The number of aryl methyl sites for hydroxylation is 1. The second-order valence-electron chi connectivity index (χ2n) is 7.19. The first kappa shape index (κ1) is 22.8. The van der Waals surface area contributed by atoms with Crippen LogP contribution < -0.4 is 10.1 Å². The minimum atomic E-state index is -0.626. The van der Waals surface area contributed by atoms with Crippen LogP contribution in [-0.2, 0) is 16.1 Å². The molecule has 2 rings (SSSR count). The second-order valence-corrected chi connectivity index (χ2v) is 7.62. The van der Waals surface area contributed by atoms with Crippen molar-refractivity contribution in [1.82, 2.24) is 10.2 Å². The smallest absolute Gasteiger partial charge is 0.261 e. The molecule has 0 heterocycles. The number of carbonyl (C=O) groups excluding carboxylic acids is 2. The summed E-state index contributed by atoms with van der Waals surface area (Å²) in [6.07, 6.45) is 0.822. The molecule has 2 unspecified atom stereocenters. The lowest BCUT2D eigenvalue weighted by molar-refractivity contribution is -0.142. The number of hydrogen-bond donors (Lipinski definition) is 1. The highest BCUT2D eigenvalue weighted by molar-refractivity contribution is 6.30. The Morgan fingerprint density at radius 1 is 1.14 bits per heavy atom. The number of carbonyl (C=O) groups is 2. The van der Waals surface area contributed by atoms with Crippen molar-refractivity contribution in [2.75, 3.05) is 6.61 Å². The molecule has 0 aliphatic heterocycles. The molecule has 1 N–H and O–H groups in total. The largest absolute Gasteiger partial charge is 0.484 e. The van der Waals surface area contributed by atoms with Crippen LogP contribution in [0.15, 0.2) is 48.5 Å². The molecule has 5 nitrogen and oxygen atoms in total. The van der Waals surface area contributed by atoms with Crippen molar-refractivity contribution in [2.24, 2.45) is 0 Å². The van der Waals surface area contributed by atoms with E-state index in [1.54, 1.807) is 36.1 Å². The third-order valence-electron chi connectivity index (χ3n) is 4.93. The van der Waals surface area contributed by atoms with Gasteiger partial charge in [0.15, 0.2) is 6.61 Å². The van der Waals surface area contributed by atoms with Crippen molar-refractivity contribution in [1.29, 1.82) is 0 Å². The van der Waals surface area contributed by atoms with Gasteiger partial charge in [-0.05, 0) is 56.5 Å². The maximum Gasteiger partial charge on any atom is 0.261 e. The van der Waals surface area contributed by atoms with E-state index in [4.69, 9.17) is 16.3 Å². The molecule has 0 saturated carbocycles. The Morgan fingerprint density at radius 3 is 2.52 bits per heavy atom. The number of amides is 2. The predicted molar refractivity (Wildman–Crippen MR) is 116 cm³/mol. The van der Waals surface area contributed by atoms with Gasteiger partial charge in [-0.15, -0.1) is 0 Å². The van der Waals surface area contributed by atoms with Gasteiger partial charge in [-0.3, -0.25) is 9.59 Å². The Kier molecular flexibility index (Phi) is 8.52. The first-order valence-corrected chi connectivity index (χ1v) is 10.2. The van der Waals surface area contributed by atoms with E-state index in [1.807, 2.05) is 45.0 Å². The molecule has 2 aromatic carbocycles. The molecular weight excluding hydrogens is 388 g/mol. The summed E-state index contributed by atoms with van der Waals surface area (Å²) >= 11 is 5.97. The van der Waals surface area contributed by atoms with E-state index in [9.17, 15) is 9.59 Å². The molecule has 2 aromatic rings. The summed E-state index contributed by atoms with van der Waals surface area (Å²) < 4.78 is 5.62. The van der Waals surface area contributed by atoms with Gasteiger partial charge >= 0.3 is 0 Å². The molecule has 6 heteroatoms. The molecule has 0 saturated heterocycles. The minimum Gasteiger partial charge on any atom is -0.484 e. The van der Waals surface area contributed by atoms with Crippen LogP contribution in [0.1, 0.15) is 38.3 Å². The highest BCUT2D eigenvalue weighted by Crippen LogP contribution is 2.18. The van der Waals surface area contributed by atoms with Gasteiger partial charge in [0.25, 0.3) is 5.91 Å². The van der Waals surface area contributed by atoms with E-state index in [-0.39, 0.29) is 24.5 Å². The van der Waals surface area contributed by atoms with E-state index >= 15 is 0 Å². The SMILES string of the molecule is CCC(C)NC(=O)C(C)N(Cc1ccccc1C)C(=O)COc1cccc(Cl)c1. The molecule has 0 bridgehead atoms. The number of nitrogens with zero attached hydrogens (tertiary/aromatic N) is 1. The van der Waals surface area contributed by atoms with Crippen LogP contribution in [0.3, 0.4) is 0 Å². The van der Waals surface area contributed by atoms with E-state index in [0.717, 1.165) is 17.5 Å². The van der Waals surface area contributed by atoms with E-state index in [0.29, 0.717) is 17.3 Å². The van der Waals surface area contributed by atoms with Gasteiger partial charge in [0.05, 0.1) is 0 Å². The molecule has 0 aromatic heterocycles. The molecule has 0 fully saturated rings. The van der Waals surface area contributed by atoms with E-state index in [1.165, 1.54) is 0 Å². The van der Waals surface area contributed by atoms with Gasteiger partial charge in [0.1, 0.15) is 11.8 Å². The molecule has 0 aliphatic carbocycles. The lowest BCUT2D eigenvalue weighted by Crippen LogP contribution is -2.50. The van der Waals surface area contributed by atoms with Crippen LogP contribution in [0.5, 0.6) is 5.75 Å². The number of hydrogen-bond acceptors (Lipinski definition) is 3. The first-order chi connectivity index (χ1) is 13.8. The van der Waals surface area contributed by atoms with Gasteiger partial charge in [-0.2, -0.15) is 0 Å². The van der Waals surface area contributed by atoms with E-state index in [2.05, 4.69) is 5.32 Å². The summed E-state index contributed by atoms with van der Waals surface area (Å²) in [5, 5.41) is 3.49. The van der Waals surface area contributed by atoms with Crippen LogP contribution in [-0.4, -0.2) is 35.4 Å². The first-order valence-electron chi connectivity index (χ1n) is 9.84. The summed E-state index contributed by atoms with van der Waals surface area (Å²) in [4.78, 5) is 27.3. The van der Waals surface area contributed by atoms with Crippen molar-refractivity contribution < 1.29 is 14.3 Å². The number of rotatable bonds is 9. The standard InChI is InChI=1S/C23H29ClN2O3/c1-5-17(3)25-23(28)18(4)26(14-19-10-7-6-9-16(19)2)22(27)15-29-21-12-8-11-20(24)13-21/h6-13,17-18H,5,14-15H2,1-4H3,(H,25,28). The van der Waals surface area contributed by atoms with Crippen molar-refractivity contribution in [2.45, 2.75) is 52.7 Å². The number of nitrogens with one attached hydrogen (secondary N) is 1. The molecule has 0 aliphatic rings. The number of benzene rings is 2. The average molecular weight is 417 g/mol. The van der Waals surface area contributed by atoms with Crippen LogP contribution in [0.25, 0.3) is 0 Å². The highest BCUT2D eigenvalue weighted by Gasteiger charge is 2.27. The molecule has 2 amide bonds. The summed E-state index contributed by atoms with van der Waals surface area (Å²) in [6.45, 7) is 7.84. The third-order valence-corrected chi connectivity index (χ3v) is 5.16. The molecule has 0 radical (unpaired) electrons. The highest BCUT2D eigenvalue weighted by atomic mass is 35.5. The zero-order valence-corrected chi connectivity index (χ0v) is 18.2. The predicted octanol–water partition coefficient (Wildman–Crippen LogP) is 4.36.